The van der Waals surface area contributed by atoms with Gasteiger partial charge in [0.25, 0.3) is 5.56 Å². The predicted octanol–water partition coefficient (Wildman–Crippen LogP) is 1.79. The standard InChI is InChI=1S/C12H13N3OS/c1-8-10(7-9-5-3-4-6-13-9)11(16)15-12(14-8)17-2/h3-6H,7H2,1-2H3,(H,14,15,16). The zero-order chi connectivity index (χ0) is 12.3. The maximum atomic E-state index is 11.9. The van der Waals surface area contributed by atoms with Crippen molar-refractivity contribution < 1.29 is 0 Å². The van der Waals surface area contributed by atoms with E-state index in [0.29, 0.717) is 17.1 Å². The van der Waals surface area contributed by atoms with Crippen molar-refractivity contribution in [2.24, 2.45) is 0 Å². The van der Waals surface area contributed by atoms with Gasteiger partial charge in [-0.3, -0.25) is 9.78 Å². The molecule has 0 aromatic carbocycles. The summed E-state index contributed by atoms with van der Waals surface area (Å²) in [6, 6.07) is 5.67. The van der Waals surface area contributed by atoms with Gasteiger partial charge in [0.05, 0.1) is 0 Å². The molecule has 2 aromatic rings. The summed E-state index contributed by atoms with van der Waals surface area (Å²) in [5, 5.41) is 0.650. The maximum Gasteiger partial charge on any atom is 0.255 e. The highest BCUT2D eigenvalue weighted by molar-refractivity contribution is 7.98. The molecule has 2 aromatic heterocycles. The number of H-pyrrole nitrogens is 1. The van der Waals surface area contributed by atoms with Gasteiger partial charge in [-0.2, -0.15) is 0 Å². The van der Waals surface area contributed by atoms with Crippen LogP contribution in [0.25, 0.3) is 0 Å². The molecule has 0 aliphatic heterocycles. The van der Waals surface area contributed by atoms with Gasteiger partial charge in [-0.05, 0) is 25.3 Å². The van der Waals surface area contributed by atoms with Crippen molar-refractivity contribution in [2.75, 3.05) is 6.26 Å². The second-order valence-electron chi connectivity index (χ2n) is 3.64. The molecule has 0 bridgehead atoms. The number of aromatic nitrogens is 3. The molecule has 88 valence electrons. The Bertz CT molecular complexity index is 566. The van der Waals surface area contributed by atoms with Crippen molar-refractivity contribution in [3.8, 4) is 0 Å². The number of hydrogen-bond donors (Lipinski definition) is 1. The van der Waals surface area contributed by atoms with Gasteiger partial charge in [0.2, 0.25) is 0 Å². The first-order chi connectivity index (χ1) is 8.20. The molecule has 5 heteroatoms. The van der Waals surface area contributed by atoms with Crippen LogP contribution in [0.3, 0.4) is 0 Å². The lowest BCUT2D eigenvalue weighted by molar-refractivity contribution is 0.861. The monoisotopic (exact) mass is 247 g/mol. The normalized spacial score (nSPS) is 10.5. The quantitative estimate of drug-likeness (QED) is 0.663. The lowest BCUT2D eigenvalue weighted by Crippen LogP contribution is -2.17. The Kier molecular flexibility index (Phi) is 3.58. The molecule has 0 aliphatic rings. The SMILES string of the molecule is CSc1nc(C)c(Cc2ccccn2)c(=O)[nH]1. The minimum atomic E-state index is -0.0764. The van der Waals surface area contributed by atoms with Crippen molar-refractivity contribution in [3.05, 3.63) is 51.7 Å². The molecule has 2 rings (SSSR count). The van der Waals surface area contributed by atoms with Crippen LogP contribution in [0.1, 0.15) is 17.0 Å². The van der Waals surface area contributed by atoms with E-state index in [1.807, 2.05) is 31.4 Å². The van der Waals surface area contributed by atoms with Crippen LogP contribution in [-0.4, -0.2) is 21.2 Å². The Morgan fingerprint density at radius 3 is 2.82 bits per heavy atom. The van der Waals surface area contributed by atoms with E-state index in [1.165, 1.54) is 11.8 Å². The van der Waals surface area contributed by atoms with E-state index in [4.69, 9.17) is 0 Å². The van der Waals surface area contributed by atoms with E-state index >= 15 is 0 Å². The highest BCUT2D eigenvalue weighted by Crippen LogP contribution is 2.10. The van der Waals surface area contributed by atoms with E-state index in [1.54, 1.807) is 6.20 Å². The highest BCUT2D eigenvalue weighted by atomic mass is 32.2. The van der Waals surface area contributed by atoms with Crippen LogP contribution in [0.5, 0.6) is 0 Å². The van der Waals surface area contributed by atoms with Gasteiger partial charge in [-0.25, -0.2) is 4.98 Å². The van der Waals surface area contributed by atoms with Crippen LogP contribution in [-0.2, 0) is 6.42 Å². The minimum absolute atomic E-state index is 0.0764. The second-order valence-corrected chi connectivity index (χ2v) is 4.43. The van der Waals surface area contributed by atoms with Crippen LogP contribution in [0.4, 0.5) is 0 Å². The van der Waals surface area contributed by atoms with Crippen LogP contribution < -0.4 is 5.56 Å². The summed E-state index contributed by atoms with van der Waals surface area (Å²) in [5.74, 6) is 0. The van der Waals surface area contributed by atoms with E-state index in [9.17, 15) is 4.79 Å². The molecule has 0 amide bonds. The summed E-state index contributed by atoms with van der Waals surface area (Å²) >= 11 is 1.43. The smallest absolute Gasteiger partial charge is 0.255 e. The number of rotatable bonds is 3. The fourth-order valence-electron chi connectivity index (χ4n) is 1.57. The molecule has 0 spiro atoms. The summed E-state index contributed by atoms with van der Waals surface area (Å²) in [6.45, 7) is 1.85. The summed E-state index contributed by atoms with van der Waals surface area (Å²) in [5.41, 5.74) is 2.25. The summed E-state index contributed by atoms with van der Waals surface area (Å²) < 4.78 is 0. The lowest BCUT2D eigenvalue weighted by Gasteiger charge is -2.05. The summed E-state index contributed by atoms with van der Waals surface area (Å²) in [7, 11) is 0. The van der Waals surface area contributed by atoms with Crippen LogP contribution in [0.2, 0.25) is 0 Å². The fraction of sp³-hybridized carbons (Fsp3) is 0.250. The molecule has 1 N–H and O–H groups in total. The third-order valence-electron chi connectivity index (χ3n) is 2.48. The first kappa shape index (κ1) is 11.9. The molecule has 4 nitrogen and oxygen atoms in total. The lowest BCUT2D eigenvalue weighted by atomic mass is 10.1. The first-order valence-corrected chi connectivity index (χ1v) is 6.47. The van der Waals surface area contributed by atoms with Gasteiger partial charge in [-0.1, -0.05) is 17.8 Å². The van der Waals surface area contributed by atoms with Crippen molar-refractivity contribution in [1.29, 1.82) is 0 Å². The zero-order valence-corrected chi connectivity index (χ0v) is 10.5. The van der Waals surface area contributed by atoms with Gasteiger partial charge >= 0.3 is 0 Å². The number of nitrogens with one attached hydrogen (secondary N) is 1. The molecule has 0 radical (unpaired) electrons. The average Bonchev–Trinajstić information content (AvgIpc) is 2.35. The molecule has 2 heterocycles. The van der Waals surface area contributed by atoms with Crippen molar-refractivity contribution >= 4 is 11.8 Å². The number of hydrogen-bond acceptors (Lipinski definition) is 4. The van der Waals surface area contributed by atoms with Gasteiger partial charge in [0, 0.05) is 29.6 Å². The van der Waals surface area contributed by atoms with Crippen LogP contribution in [0, 0.1) is 6.92 Å². The van der Waals surface area contributed by atoms with Gasteiger partial charge in [-0.15, -0.1) is 0 Å². The minimum Gasteiger partial charge on any atom is -0.301 e. The van der Waals surface area contributed by atoms with Crippen molar-refractivity contribution in [3.63, 3.8) is 0 Å². The number of thioether (sulfide) groups is 1. The Labute approximate surface area is 104 Å². The Morgan fingerprint density at radius 2 is 2.24 bits per heavy atom. The van der Waals surface area contributed by atoms with Gasteiger partial charge in [0.1, 0.15) is 0 Å². The third-order valence-corrected chi connectivity index (χ3v) is 3.06. The Morgan fingerprint density at radius 1 is 1.41 bits per heavy atom. The van der Waals surface area contributed by atoms with E-state index in [2.05, 4.69) is 15.0 Å². The first-order valence-electron chi connectivity index (χ1n) is 5.24. The number of nitrogens with zero attached hydrogens (tertiary/aromatic N) is 2. The van der Waals surface area contributed by atoms with E-state index in [0.717, 1.165) is 11.4 Å². The van der Waals surface area contributed by atoms with E-state index < -0.39 is 0 Å². The molecule has 17 heavy (non-hydrogen) atoms. The van der Waals surface area contributed by atoms with Crippen molar-refractivity contribution in [2.45, 2.75) is 18.5 Å². The molecule has 0 unspecified atom stereocenters. The van der Waals surface area contributed by atoms with Crippen LogP contribution in [0.15, 0.2) is 34.3 Å². The summed E-state index contributed by atoms with van der Waals surface area (Å²) in [4.78, 5) is 23.2. The van der Waals surface area contributed by atoms with Crippen LogP contribution >= 0.6 is 11.8 Å². The maximum absolute atomic E-state index is 11.9. The Hall–Kier alpha value is -1.62. The fourth-order valence-corrected chi connectivity index (χ4v) is 2.00. The molecular weight excluding hydrogens is 234 g/mol. The largest absolute Gasteiger partial charge is 0.301 e. The zero-order valence-electron chi connectivity index (χ0n) is 9.73. The molecule has 0 fully saturated rings. The van der Waals surface area contributed by atoms with Crippen molar-refractivity contribution in [1.82, 2.24) is 15.0 Å². The topological polar surface area (TPSA) is 58.6 Å². The van der Waals surface area contributed by atoms with E-state index in [-0.39, 0.29) is 5.56 Å². The molecule has 0 saturated carbocycles. The number of aromatic amines is 1. The molecule has 0 aliphatic carbocycles. The average molecular weight is 247 g/mol. The third kappa shape index (κ3) is 2.74. The predicted molar refractivity (Wildman–Crippen MR) is 68.4 cm³/mol. The molecule has 0 saturated heterocycles. The molecule has 0 atom stereocenters. The number of pyridine rings is 1. The number of aryl methyl sites for hydroxylation is 1. The van der Waals surface area contributed by atoms with Gasteiger partial charge < -0.3 is 4.98 Å². The summed E-state index contributed by atoms with van der Waals surface area (Å²) in [6.07, 6.45) is 4.13. The van der Waals surface area contributed by atoms with Gasteiger partial charge in [0.15, 0.2) is 5.16 Å². The second kappa shape index (κ2) is 5.14. The highest BCUT2D eigenvalue weighted by Gasteiger charge is 2.08. The Balaban J connectivity index is 2.37. The molecular formula is C12H13N3OS.